The molecule has 1 unspecified atom stereocenters. The zero-order valence-corrected chi connectivity index (χ0v) is 10.5. The number of ether oxygens (including phenoxy) is 1. The summed E-state index contributed by atoms with van der Waals surface area (Å²) < 4.78 is 19.0. The monoisotopic (exact) mass is 236 g/mol. The summed E-state index contributed by atoms with van der Waals surface area (Å²) in [5.74, 6) is -0.278. The topological polar surface area (TPSA) is 26.3 Å². The van der Waals surface area contributed by atoms with Crippen molar-refractivity contribution in [2.24, 2.45) is 0 Å². The second kappa shape index (κ2) is 4.22. The van der Waals surface area contributed by atoms with Crippen LogP contribution in [-0.4, -0.2) is 18.0 Å². The van der Waals surface area contributed by atoms with E-state index in [1.54, 1.807) is 26.0 Å². The summed E-state index contributed by atoms with van der Waals surface area (Å²) in [5.41, 5.74) is 0.840. The van der Waals surface area contributed by atoms with Crippen LogP contribution in [0.25, 0.3) is 0 Å². The molecule has 0 radical (unpaired) electrons. The first-order valence-electron chi connectivity index (χ1n) is 5.89. The minimum atomic E-state index is -0.725. The molecule has 0 aliphatic carbocycles. The third-order valence-electron chi connectivity index (χ3n) is 3.40. The molecular weight excluding hydrogens is 219 g/mol. The van der Waals surface area contributed by atoms with Crippen LogP contribution in [0, 0.1) is 19.7 Å². The van der Waals surface area contributed by atoms with E-state index >= 15 is 0 Å². The molecule has 1 aromatic rings. The zero-order valence-electron chi connectivity index (χ0n) is 10.5. The number of aryl methyl sites for hydroxylation is 2. The third kappa shape index (κ3) is 2.12. The van der Waals surface area contributed by atoms with E-state index in [4.69, 9.17) is 4.74 Å². The molecule has 17 heavy (non-hydrogen) atoms. The Labute approximate surface area is 101 Å². The van der Waals surface area contributed by atoms with Crippen molar-refractivity contribution >= 4 is 5.78 Å². The summed E-state index contributed by atoms with van der Waals surface area (Å²) in [6.45, 7) is 5.80. The van der Waals surface area contributed by atoms with Crippen LogP contribution < -0.4 is 0 Å². The normalized spacial score (nSPS) is 24.0. The van der Waals surface area contributed by atoms with Crippen LogP contribution in [-0.2, 0) is 4.74 Å². The van der Waals surface area contributed by atoms with Crippen molar-refractivity contribution in [3.8, 4) is 0 Å². The summed E-state index contributed by atoms with van der Waals surface area (Å²) in [6, 6.07) is 3.22. The Kier molecular flexibility index (Phi) is 3.04. The van der Waals surface area contributed by atoms with E-state index in [-0.39, 0.29) is 11.6 Å². The first-order valence-corrected chi connectivity index (χ1v) is 5.89. The summed E-state index contributed by atoms with van der Waals surface area (Å²) in [7, 11) is 0. The summed E-state index contributed by atoms with van der Waals surface area (Å²) in [5, 5.41) is 0. The lowest BCUT2D eigenvalue weighted by molar-refractivity contribution is 0.0213. The summed E-state index contributed by atoms with van der Waals surface area (Å²) >= 11 is 0. The fourth-order valence-electron chi connectivity index (χ4n) is 2.34. The minimum absolute atomic E-state index is 0.0406. The van der Waals surface area contributed by atoms with E-state index in [2.05, 4.69) is 0 Å². The van der Waals surface area contributed by atoms with Crippen molar-refractivity contribution in [3.05, 3.63) is 34.6 Å². The van der Waals surface area contributed by atoms with E-state index in [1.807, 2.05) is 6.92 Å². The van der Waals surface area contributed by atoms with E-state index in [0.717, 1.165) is 12.8 Å². The lowest BCUT2D eigenvalue weighted by atomic mass is 9.90. The van der Waals surface area contributed by atoms with Crippen LogP contribution in [0.15, 0.2) is 12.1 Å². The number of Topliss-reactive ketones (excluding diaryl/α,β-unsaturated/α-hetero) is 1. The third-order valence-corrected chi connectivity index (χ3v) is 3.40. The molecule has 1 fully saturated rings. The highest BCUT2D eigenvalue weighted by molar-refractivity contribution is 6.02. The average Bonchev–Trinajstić information content (AvgIpc) is 2.72. The van der Waals surface area contributed by atoms with Gasteiger partial charge < -0.3 is 4.74 Å². The summed E-state index contributed by atoms with van der Waals surface area (Å²) in [6.07, 6.45) is 1.64. The van der Waals surface area contributed by atoms with Gasteiger partial charge in [0, 0.05) is 12.2 Å². The number of benzene rings is 1. The molecule has 0 bridgehead atoms. The number of hydrogen-bond acceptors (Lipinski definition) is 2. The van der Waals surface area contributed by atoms with Crippen molar-refractivity contribution in [2.45, 2.75) is 39.2 Å². The standard InChI is InChI=1S/C14H17FO2/c1-9-7-11(8-10(2)12(9)15)13(16)14(3)5-4-6-17-14/h7-8H,4-6H2,1-3H3. The van der Waals surface area contributed by atoms with Gasteiger partial charge in [-0.25, -0.2) is 4.39 Å². The zero-order chi connectivity index (χ0) is 12.6. The molecule has 1 aliphatic heterocycles. The van der Waals surface area contributed by atoms with Crippen molar-refractivity contribution in [3.63, 3.8) is 0 Å². The number of carbonyl (C=O) groups excluding carboxylic acids is 1. The molecule has 0 amide bonds. The maximum atomic E-state index is 13.5. The predicted molar refractivity (Wildman–Crippen MR) is 63.8 cm³/mol. The van der Waals surface area contributed by atoms with Crippen LogP contribution in [0.3, 0.4) is 0 Å². The van der Waals surface area contributed by atoms with Crippen LogP contribution in [0.2, 0.25) is 0 Å². The van der Waals surface area contributed by atoms with Gasteiger partial charge in [0.25, 0.3) is 0 Å². The average molecular weight is 236 g/mol. The van der Waals surface area contributed by atoms with Gasteiger partial charge in [-0.3, -0.25) is 4.79 Å². The van der Waals surface area contributed by atoms with Crippen molar-refractivity contribution in [2.75, 3.05) is 6.61 Å². The molecule has 1 atom stereocenters. The van der Waals surface area contributed by atoms with Crippen LogP contribution >= 0.6 is 0 Å². The molecule has 2 nitrogen and oxygen atoms in total. The van der Waals surface area contributed by atoms with Crippen molar-refractivity contribution < 1.29 is 13.9 Å². The SMILES string of the molecule is Cc1cc(C(=O)C2(C)CCCO2)cc(C)c1F. The molecule has 0 N–H and O–H groups in total. The second-order valence-electron chi connectivity index (χ2n) is 4.94. The van der Waals surface area contributed by atoms with Crippen molar-refractivity contribution in [1.29, 1.82) is 0 Å². The Balaban J connectivity index is 2.37. The Bertz CT molecular complexity index is 436. The predicted octanol–water partition coefficient (Wildman–Crippen LogP) is 3.19. The molecule has 0 saturated carbocycles. The van der Waals surface area contributed by atoms with Gasteiger partial charge in [-0.1, -0.05) is 0 Å². The van der Waals surface area contributed by atoms with Gasteiger partial charge >= 0.3 is 0 Å². The molecule has 1 aromatic carbocycles. The minimum Gasteiger partial charge on any atom is -0.367 e. The molecule has 92 valence electrons. The first-order chi connectivity index (χ1) is 7.94. The first kappa shape index (κ1) is 12.2. The highest BCUT2D eigenvalue weighted by Crippen LogP contribution is 2.30. The number of rotatable bonds is 2. The van der Waals surface area contributed by atoms with E-state index in [9.17, 15) is 9.18 Å². The maximum Gasteiger partial charge on any atom is 0.194 e. The van der Waals surface area contributed by atoms with Gasteiger partial charge in [-0.2, -0.15) is 0 Å². The Morgan fingerprint density at radius 1 is 1.35 bits per heavy atom. The van der Waals surface area contributed by atoms with E-state index < -0.39 is 5.60 Å². The molecule has 1 heterocycles. The number of carbonyl (C=O) groups is 1. The van der Waals surface area contributed by atoms with Gasteiger partial charge in [0.2, 0.25) is 0 Å². The lowest BCUT2D eigenvalue weighted by Gasteiger charge is -2.22. The van der Waals surface area contributed by atoms with Crippen molar-refractivity contribution in [1.82, 2.24) is 0 Å². The lowest BCUT2D eigenvalue weighted by Crippen LogP contribution is -2.34. The van der Waals surface area contributed by atoms with Gasteiger partial charge in [-0.05, 0) is 56.9 Å². The van der Waals surface area contributed by atoms with Gasteiger partial charge in [-0.15, -0.1) is 0 Å². The van der Waals surface area contributed by atoms with Gasteiger partial charge in [0.05, 0.1) is 0 Å². The molecule has 0 spiro atoms. The highest BCUT2D eigenvalue weighted by atomic mass is 19.1. The van der Waals surface area contributed by atoms with E-state index in [0.29, 0.717) is 23.3 Å². The quantitative estimate of drug-likeness (QED) is 0.737. The number of ketones is 1. The van der Waals surface area contributed by atoms with Crippen LogP contribution in [0.5, 0.6) is 0 Å². The molecule has 2 rings (SSSR count). The molecular formula is C14H17FO2. The van der Waals surface area contributed by atoms with Crippen LogP contribution in [0.4, 0.5) is 4.39 Å². The molecule has 1 saturated heterocycles. The smallest absolute Gasteiger partial charge is 0.194 e. The van der Waals surface area contributed by atoms with E-state index in [1.165, 1.54) is 0 Å². The Morgan fingerprint density at radius 2 is 1.94 bits per heavy atom. The molecule has 3 heteroatoms. The summed E-state index contributed by atoms with van der Waals surface area (Å²) in [4.78, 5) is 12.3. The second-order valence-corrected chi connectivity index (χ2v) is 4.94. The Morgan fingerprint density at radius 3 is 2.41 bits per heavy atom. The fourth-order valence-corrected chi connectivity index (χ4v) is 2.34. The van der Waals surface area contributed by atoms with Gasteiger partial charge in [0.1, 0.15) is 11.4 Å². The largest absolute Gasteiger partial charge is 0.367 e. The maximum absolute atomic E-state index is 13.5. The molecule has 1 aliphatic rings. The Hall–Kier alpha value is -1.22. The molecule has 0 aromatic heterocycles. The number of halogens is 1. The van der Waals surface area contributed by atoms with Crippen LogP contribution in [0.1, 0.15) is 41.3 Å². The van der Waals surface area contributed by atoms with Gasteiger partial charge in [0.15, 0.2) is 5.78 Å². The fraction of sp³-hybridized carbons (Fsp3) is 0.500. The highest BCUT2D eigenvalue weighted by Gasteiger charge is 2.38. The number of hydrogen-bond donors (Lipinski definition) is 0.